The van der Waals surface area contributed by atoms with Crippen LogP contribution in [0.4, 0.5) is 0 Å². The minimum atomic E-state index is -0.611. The van der Waals surface area contributed by atoms with E-state index in [1.54, 1.807) is 0 Å². The van der Waals surface area contributed by atoms with Crippen molar-refractivity contribution in [3.63, 3.8) is 0 Å². The number of aliphatic hydroxyl groups is 1. The van der Waals surface area contributed by atoms with E-state index >= 15 is 0 Å². The molecule has 40 heavy (non-hydrogen) atoms. The van der Waals surface area contributed by atoms with Gasteiger partial charge in [-0.2, -0.15) is 0 Å². The van der Waals surface area contributed by atoms with Gasteiger partial charge in [-0.15, -0.1) is 0 Å². The molecule has 1 aromatic rings. The van der Waals surface area contributed by atoms with Crippen molar-refractivity contribution >= 4 is 12.0 Å². The number of carboxylic acids is 1. The van der Waals surface area contributed by atoms with Crippen molar-refractivity contribution in [1.29, 1.82) is 0 Å². The summed E-state index contributed by atoms with van der Waals surface area (Å²) >= 11 is 0. The molecule has 3 nitrogen and oxygen atoms in total. The highest BCUT2D eigenvalue weighted by Gasteiger charge is 2.72. The standard InChI is InChI=1S/C37H52O3/c1-24(12-13-25-10-8-7-9-11-25)26-16-21-37(32(39)40)23-22-35(5)27(31(26)37)14-15-29-34(4)19-18-30(38)33(2,3)28(34)17-20-36(29,35)6/h7-13,26-31,38H,1,14-23H2,2-6H3,(H,39,40)/b13-12+/t26-,27+,28-,29+,30-,31+,34-,35+,36+,37-/m0/s1. The molecule has 0 radical (unpaired) electrons. The molecule has 0 aromatic heterocycles. The van der Waals surface area contributed by atoms with Gasteiger partial charge in [0.2, 0.25) is 0 Å². The lowest BCUT2D eigenvalue weighted by Gasteiger charge is -2.72. The van der Waals surface area contributed by atoms with Crippen molar-refractivity contribution in [2.75, 3.05) is 0 Å². The molecule has 0 aliphatic heterocycles. The molecule has 2 N–H and O–H groups in total. The third-order valence-corrected chi connectivity index (χ3v) is 14.6. The Labute approximate surface area is 242 Å². The summed E-state index contributed by atoms with van der Waals surface area (Å²) in [5, 5.41) is 21.8. The summed E-state index contributed by atoms with van der Waals surface area (Å²) in [5.74, 6) is 1.42. The first-order chi connectivity index (χ1) is 18.8. The first-order valence-electron chi connectivity index (χ1n) is 16.1. The van der Waals surface area contributed by atoms with Gasteiger partial charge in [0.15, 0.2) is 0 Å². The molecule has 6 rings (SSSR count). The van der Waals surface area contributed by atoms with Crippen LogP contribution >= 0.6 is 0 Å². The minimum absolute atomic E-state index is 0.0452. The van der Waals surface area contributed by atoms with E-state index in [1.807, 2.05) is 6.07 Å². The van der Waals surface area contributed by atoms with E-state index in [9.17, 15) is 15.0 Å². The maximum absolute atomic E-state index is 13.1. The van der Waals surface area contributed by atoms with Crippen molar-refractivity contribution in [1.82, 2.24) is 0 Å². The van der Waals surface area contributed by atoms with E-state index in [0.29, 0.717) is 17.8 Å². The molecule has 0 heterocycles. The number of benzene rings is 1. The summed E-state index contributed by atoms with van der Waals surface area (Å²) in [7, 11) is 0. The van der Waals surface area contributed by atoms with Crippen LogP contribution in [0.25, 0.3) is 6.08 Å². The van der Waals surface area contributed by atoms with Gasteiger partial charge in [0, 0.05) is 0 Å². The van der Waals surface area contributed by atoms with Gasteiger partial charge < -0.3 is 10.2 Å². The maximum Gasteiger partial charge on any atom is 0.309 e. The summed E-state index contributed by atoms with van der Waals surface area (Å²) in [6, 6.07) is 10.4. The molecule has 5 aliphatic carbocycles. The third-order valence-electron chi connectivity index (χ3n) is 14.6. The molecule has 0 saturated heterocycles. The van der Waals surface area contributed by atoms with E-state index in [0.717, 1.165) is 56.1 Å². The number of hydrogen-bond acceptors (Lipinski definition) is 2. The zero-order valence-electron chi connectivity index (χ0n) is 25.6. The van der Waals surface area contributed by atoms with Crippen LogP contribution in [0.1, 0.15) is 104 Å². The SMILES string of the molecule is C=C(/C=C/c1ccccc1)[C@@H]1CC[C@]2(C(=O)O)CC[C@]3(C)[C@H](CC[C@@H]4[C@@]5(C)CC[C@H](O)C(C)(C)[C@@H]5CC[C@]43C)[C@@H]12. The van der Waals surface area contributed by atoms with Gasteiger partial charge in [0.25, 0.3) is 0 Å². The van der Waals surface area contributed by atoms with Crippen molar-refractivity contribution < 1.29 is 15.0 Å². The highest BCUT2D eigenvalue weighted by molar-refractivity contribution is 5.76. The first-order valence-corrected chi connectivity index (χ1v) is 16.1. The summed E-state index contributed by atoms with van der Waals surface area (Å²) in [4.78, 5) is 13.1. The second-order valence-electron chi connectivity index (χ2n) is 16.0. The first kappa shape index (κ1) is 28.3. The average Bonchev–Trinajstić information content (AvgIpc) is 3.32. The Morgan fingerprint density at radius 2 is 1.57 bits per heavy atom. The molecule has 5 aliphatic rings. The van der Waals surface area contributed by atoms with Gasteiger partial charge in [-0.3, -0.25) is 4.79 Å². The summed E-state index contributed by atoms with van der Waals surface area (Å²) in [6.45, 7) is 16.9. The van der Waals surface area contributed by atoms with Gasteiger partial charge in [0.05, 0.1) is 11.5 Å². The van der Waals surface area contributed by atoms with E-state index < -0.39 is 11.4 Å². The summed E-state index contributed by atoms with van der Waals surface area (Å²) in [5.41, 5.74) is 2.18. The fourth-order valence-corrected chi connectivity index (χ4v) is 12.3. The van der Waals surface area contributed by atoms with Gasteiger partial charge in [-0.05, 0) is 121 Å². The zero-order chi connectivity index (χ0) is 28.7. The minimum Gasteiger partial charge on any atom is -0.481 e. The Bertz CT molecular complexity index is 1200. The molecule has 0 spiro atoms. The molecule has 0 bridgehead atoms. The molecule has 1 aromatic carbocycles. The normalized spacial score (nSPS) is 47.5. The third kappa shape index (κ3) is 3.68. The number of fused-ring (bicyclic) bond motifs is 7. The highest BCUT2D eigenvalue weighted by atomic mass is 16.4. The van der Waals surface area contributed by atoms with Crippen LogP contribution < -0.4 is 0 Å². The lowest BCUT2D eigenvalue weighted by Crippen LogP contribution is -2.67. The lowest BCUT2D eigenvalue weighted by atomic mass is 9.32. The Hall–Kier alpha value is -1.87. The summed E-state index contributed by atoms with van der Waals surface area (Å²) < 4.78 is 0. The Balaban J connectivity index is 1.36. The van der Waals surface area contributed by atoms with Crippen molar-refractivity contribution in [3.8, 4) is 0 Å². The molecule has 5 fully saturated rings. The predicted octanol–water partition coefficient (Wildman–Crippen LogP) is 8.78. The number of hydrogen-bond donors (Lipinski definition) is 2. The smallest absolute Gasteiger partial charge is 0.309 e. The van der Waals surface area contributed by atoms with Crippen molar-refractivity contribution in [2.45, 2.75) is 105 Å². The zero-order valence-corrected chi connectivity index (χ0v) is 25.6. The van der Waals surface area contributed by atoms with Gasteiger partial charge in [0.1, 0.15) is 0 Å². The molecular formula is C37H52O3. The maximum atomic E-state index is 13.1. The number of carboxylic acid groups (broad SMARTS) is 1. The number of aliphatic hydroxyl groups excluding tert-OH is 1. The lowest BCUT2D eigenvalue weighted by molar-refractivity contribution is -0.248. The fourth-order valence-electron chi connectivity index (χ4n) is 12.3. The number of aliphatic carboxylic acids is 1. The van der Waals surface area contributed by atoms with Crippen LogP contribution in [0, 0.1) is 56.7 Å². The molecule has 3 heteroatoms. The molecule has 0 amide bonds. The number of rotatable bonds is 4. The number of allylic oxidation sites excluding steroid dienone is 2. The van der Waals surface area contributed by atoms with Gasteiger partial charge in [-0.25, -0.2) is 0 Å². The van der Waals surface area contributed by atoms with Gasteiger partial charge in [-0.1, -0.05) is 89.3 Å². The Kier molecular flexibility index (Phi) is 6.58. The van der Waals surface area contributed by atoms with Crippen LogP contribution in [0.15, 0.2) is 48.6 Å². The second-order valence-corrected chi connectivity index (χ2v) is 16.0. The van der Waals surface area contributed by atoms with Crippen LogP contribution in [-0.2, 0) is 4.79 Å². The van der Waals surface area contributed by atoms with Crippen LogP contribution in [0.2, 0.25) is 0 Å². The van der Waals surface area contributed by atoms with Crippen LogP contribution in [0.5, 0.6) is 0 Å². The van der Waals surface area contributed by atoms with Crippen molar-refractivity contribution in [2.24, 2.45) is 56.7 Å². The quantitative estimate of drug-likeness (QED) is 0.372. The van der Waals surface area contributed by atoms with Gasteiger partial charge >= 0.3 is 5.97 Å². The molecule has 5 saturated carbocycles. The number of carbonyl (C=O) groups is 1. The molecule has 10 atom stereocenters. The Morgan fingerprint density at radius 1 is 0.850 bits per heavy atom. The molecule has 0 unspecified atom stereocenters. The van der Waals surface area contributed by atoms with E-state index in [2.05, 4.69) is 77.6 Å². The van der Waals surface area contributed by atoms with E-state index in [-0.39, 0.29) is 39.6 Å². The summed E-state index contributed by atoms with van der Waals surface area (Å²) in [6.07, 6.45) is 14.4. The Morgan fingerprint density at radius 3 is 2.27 bits per heavy atom. The molecular weight excluding hydrogens is 492 g/mol. The largest absolute Gasteiger partial charge is 0.481 e. The van der Waals surface area contributed by atoms with Crippen LogP contribution in [0.3, 0.4) is 0 Å². The van der Waals surface area contributed by atoms with E-state index in [1.165, 1.54) is 19.3 Å². The fraction of sp³-hybridized carbons (Fsp3) is 0.703. The topological polar surface area (TPSA) is 57.5 Å². The predicted molar refractivity (Wildman–Crippen MR) is 162 cm³/mol. The van der Waals surface area contributed by atoms with Crippen LogP contribution in [-0.4, -0.2) is 22.3 Å². The molecule has 218 valence electrons. The monoisotopic (exact) mass is 544 g/mol. The van der Waals surface area contributed by atoms with E-state index in [4.69, 9.17) is 0 Å². The van der Waals surface area contributed by atoms with Crippen molar-refractivity contribution in [3.05, 3.63) is 54.1 Å². The highest BCUT2D eigenvalue weighted by Crippen LogP contribution is 2.77. The second kappa shape index (κ2) is 9.32. The average molecular weight is 545 g/mol.